The predicted molar refractivity (Wildman–Crippen MR) is 109 cm³/mol. The molecule has 166 valence electrons. The molecule has 3 heterocycles. The van der Waals surface area contributed by atoms with Gasteiger partial charge in [0.2, 0.25) is 11.7 Å². The van der Waals surface area contributed by atoms with Gasteiger partial charge in [0.25, 0.3) is 0 Å². The minimum absolute atomic E-state index is 0.0492. The van der Waals surface area contributed by atoms with Gasteiger partial charge in [0.1, 0.15) is 18.5 Å². The first-order valence-corrected chi connectivity index (χ1v) is 10.3. The maximum absolute atomic E-state index is 13.6. The molecule has 10 heteroatoms. The number of β-amino-alcohol motifs (C(OH)–C–C–N with tert-alkyl or cyclic N) is 1. The zero-order chi connectivity index (χ0) is 21.8. The maximum Gasteiger partial charge on any atom is 0.241 e. The summed E-state index contributed by atoms with van der Waals surface area (Å²) < 4.78 is 29.6. The Morgan fingerprint density at radius 2 is 1.84 bits per heavy atom. The van der Waals surface area contributed by atoms with Gasteiger partial charge >= 0.3 is 0 Å². The first kappa shape index (κ1) is 21.4. The number of rotatable bonds is 8. The molecule has 2 aromatic heterocycles. The van der Waals surface area contributed by atoms with E-state index in [-0.39, 0.29) is 12.4 Å². The first-order valence-electron chi connectivity index (χ1n) is 10.3. The van der Waals surface area contributed by atoms with Crippen LogP contribution in [0.5, 0.6) is 5.75 Å². The molecule has 0 aliphatic carbocycles. The normalized spacial score (nSPS) is 16.5. The summed E-state index contributed by atoms with van der Waals surface area (Å²) >= 11 is 0. The quantitative estimate of drug-likeness (QED) is 0.574. The number of aliphatic hydroxyl groups excluding tert-OH is 1. The molecular weight excluding hydrogens is 405 g/mol. The fourth-order valence-corrected chi connectivity index (χ4v) is 3.64. The molecule has 0 radical (unpaired) electrons. The summed E-state index contributed by atoms with van der Waals surface area (Å²) in [5, 5.41) is 18.2. The summed E-state index contributed by atoms with van der Waals surface area (Å²) in [6, 6.07) is 6.19. The third-order valence-electron chi connectivity index (χ3n) is 5.29. The van der Waals surface area contributed by atoms with Gasteiger partial charge in [-0.2, -0.15) is 4.98 Å². The molecule has 3 aromatic rings. The van der Waals surface area contributed by atoms with Crippen molar-refractivity contribution in [1.29, 1.82) is 0 Å². The summed E-state index contributed by atoms with van der Waals surface area (Å²) in [7, 11) is 0. The van der Waals surface area contributed by atoms with Crippen molar-refractivity contribution < 1.29 is 23.3 Å². The molecule has 0 saturated carbocycles. The van der Waals surface area contributed by atoms with Crippen LogP contribution in [0, 0.1) is 19.7 Å². The van der Waals surface area contributed by atoms with Gasteiger partial charge < -0.3 is 18.9 Å². The van der Waals surface area contributed by atoms with Crippen LogP contribution in [-0.4, -0.2) is 75.6 Å². The van der Waals surface area contributed by atoms with Crippen LogP contribution >= 0.6 is 0 Å². The molecule has 1 saturated heterocycles. The predicted octanol–water partition coefficient (Wildman–Crippen LogP) is 2.04. The maximum atomic E-state index is 13.6. The number of benzene rings is 1. The van der Waals surface area contributed by atoms with Crippen molar-refractivity contribution in [3.8, 4) is 17.1 Å². The molecule has 0 amide bonds. The highest BCUT2D eigenvalue weighted by molar-refractivity contribution is 5.59. The van der Waals surface area contributed by atoms with Crippen molar-refractivity contribution in [1.82, 2.24) is 25.1 Å². The fraction of sp³-hybridized carbons (Fsp3) is 0.476. The molecule has 1 aromatic carbocycles. The number of aryl methyl sites for hydroxylation is 2. The van der Waals surface area contributed by atoms with Crippen LogP contribution < -0.4 is 4.74 Å². The Morgan fingerprint density at radius 3 is 2.55 bits per heavy atom. The number of hydrogen-bond acceptors (Lipinski definition) is 9. The van der Waals surface area contributed by atoms with E-state index in [9.17, 15) is 9.50 Å². The summed E-state index contributed by atoms with van der Waals surface area (Å²) in [5.74, 6) is 1.42. The number of nitrogens with zero attached hydrogens (tertiary/aromatic N) is 5. The van der Waals surface area contributed by atoms with E-state index in [0.29, 0.717) is 30.6 Å². The summed E-state index contributed by atoms with van der Waals surface area (Å²) in [6.45, 7) is 7.95. The molecular formula is C21H26FN5O4. The Labute approximate surface area is 179 Å². The highest BCUT2D eigenvalue weighted by atomic mass is 19.1. The highest BCUT2D eigenvalue weighted by Crippen LogP contribution is 2.24. The number of aliphatic hydroxyl groups is 1. The van der Waals surface area contributed by atoms with Gasteiger partial charge in [0.15, 0.2) is 11.6 Å². The van der Waals surface area contributed by atoms with Gasteiger partial charge in [-0.25, -0.2) is 4.39 Å². The van der Waals surface area contributed by atoms with E-state index in [4.69, 9.17) is 13.8 Å². The number of hydrogen-bond donors (Lipinski definition) is 1. The molecule has 9 nitrogen and oxygen atoms in total. The second kappa shape index (κ2) is 9.54. The number of aromatic nitrogens is 3. The summed E-state index contributed by atoms with van der Waals surface area (Å²) in [5.41, 5.74) is 1.50. The van der Waals surface area contributed by atoms with Crippen LogP contribution in [0.3, 0.4) is 0 Å². The number of para-hydroxylation sites is 1. The Morgan fingerprint density at radius 1 is 1.10 bits per heavy atom. The van der Waals surface area contributed by atoms with Crippen molar-refractivity contribution in [2.75, 3.05) is 39.3 Å². The van der Waals surface area contributed by atoms with Crippen molar-refractivity contribution in [3.63, 3.8) is 0 Å². The van der Waals surface area contributed by atoms with Crippen molar-refractivity contribution in [2.24, 2.45) is 0 Å². The van der Waals surface area contributed by atoms with Gasteiger partial charge in [-0.05, 0) is 26.0 Å². The van der Waals surface area contributed by atoms with Crippen LogP contribution in [0.1, 0.15) is 17.3 Å². The van der Waals surface area contributed by atoms with Crippen LogP contribution in [0.4, 0.5) is 4.39 Å². The first-order chi connectivity index (χ1) is 15.0. The van der Waals surface area contributed by atoms with Gasteiger partial charge in [-0.15, -0.1) is 0 Å². The molecule has 1 atom stereocenters. The van der Waals surface area contributed by atoms with Crippen LogP contribution in [0.2, 0.25) is 0 Å². The molecule has 31 heavy (non-hydrogen) atoms. The second-order valence-electron chi connectivity index (χ2n) is 7.68. The Bertz CT molecular complexity index is 980. The molecule has 1 aliphatic heterocycles. The molecule has 0 unspecified atom stereocenters. The molecule has 1 N–H and O–H groups in total. The lowest BCUT2D eigenvalue weighted by Gasteiger charge is -2.34. The van der Waals surface area contributed by atoms with Crippen LogP contribution in [0.15, 0.2) is 33.3 Å². The van der Waals surface area contributed by atoms with E-state index in [2.05, 4.69) is 25.1 Å². The topological polar surface area (TPSA) is 101 Å². The zero-order valence-corrected chi connectivity index (χ0v) is 17.6. The third kappa shape index (κ3) is 5.27. The van der Waals surface area contributed by atoms with Crippen molar-refractivity contribution in [2.45, 2.75) is 26.5 Å². The minimum Gasteiger partial charge on any atom is -0.488 e. The van der Waals surface area contributed by atoms with Gasteiger partial charge in [-0.1, -0.05) is 22.4 Å². The van der Waals surface area contributed by atoms with E-state index in [1.54, 1.807) is 18.2 Å². The van der Waals surface area contributed by atoms with E-state index >= 15 is 0 Å². The van der Waals surface area contributed by atoms with Crippen LogP contribution in [-0.2, 0) is 6.54 Å². The molecule has 1 fully saturated rings. The zero-order valence-electron chi connectivity index (χ0n) is 17.6. The third-order valence-corrected chi connectivity index (χ3v) is 5.29. The van der Waals surface area contributed by atoms with E-state index < -0.39 is 11.9 Å². The minimum atomic E-state index is -0.695. The Kier molecular flexibility index (Phi) is 6.59. The summed E-state index contributed by atoms with van der Waals surface area (Å²) in [4.78, 5) is 8.86. The largest absolute Gasteiger partial charge is 0.488 e. The molecule has 1 aliphatic rings. The summed E-state index contributed by atoms with van der Waals surface area (Å²) in [6.07, 6.45) is -0.695. The SMILES string of the molecule is Cc1noc(C)c1-c1noc(CN2CCN(C[C@@H](O)COc3ccccc3F)CC2)n1. The van der Waals surface area contributed by atoms with E-state index in [1.807, 2.05) is 13.8 Å². The van der Waals surface area contributed by atoms with Gasteiger partial charge in [0.05, 0.1) is 17.8 Å². The molecule has 0 bridgehead atoms. The van der Waals surface area contributed by atoms with Gasteiger partial charge in [-0.3, -0.25) is 9.80 Å². The second-order valence-corrected chi connectivity index (χ2v) is 7.68. The highest BCUT2D eigenvalue weighted by Gasteiger charge is 2.23. The lowest BCUT2D eigenvalue weighted by molar-refractivity contribution is 0.0418. The molecule has 4 rings (SSSR count). The van der Waals surface area contributed by atoms with E-state index in [0.717, 1.165) is 37.4 Å². The lowest BCUT2D eigenvalue weighted by Crippen LogP contribution is -2.48. The van der Waals surface area contributed by atoms with Gasteiger partial charge in [0, 0.05) is 32.7 Å². The average molecular weight is 431 g/mol. The van der Waals surface area contributed by atoms with Crippen molar-refractivity contribution >= 4 is 0 Å². The fourth-order valence-electron chi connectivity index (χ4n) is 3.64. The monoisotopic (exact) mass is 431 g/mol. The van der Waals surface area contributed by atoms with Crippen molar-refractivity contribution in [3.05, 3.63) is 47.4 Å². The van der Waals surface area contributed by atoms with E-state index in [1.165, 1.54) is 6.07 Å². The smallest absolute Gasteiger partial charge is 0.241 e. The lowest BCUT2D eigenvalue weighted by atomic mass is 10.2. The molecule has 0 spiro atoms. The number of piperazine rings is 1. The standard InChI is InChI=1S/C21H26FN5O4/c1-14-20(15(2)30-24-14)21-23-19(31-25-21)12-27-9-7-26(8-10-27)11-16(28)13-29-18-6-4-3-5-17(18)22/h3-6,16,28H,7-13H2,1-2H3/t16-/m1/s1. The van der Waals surface area contributed by atoms with Crippen LogP contribution in [0.25, 0.3) is 11.4 Å². The Hall–Kier alpha value is -2.82. The number of halogens is 1. The average Bonchev–Trinajstić information content (AvgIpc) is 3.34. The Balaban J connectivity index is 1.22. The number of ether oxygens (including phenoxy) is 1.